The van der Waals surface area contributed by atoms with Crippen molar-refractivity contribution in [3.8, 4) is 17.3 Å². The molecule has 0 spiro atoms. The fourth-order valence-corrected chi connectivity index (χ4v) is 5.70. The van der Waals surface area contributed by atoms with Crippen LogP contribution in [-0.2, 0) is 31.9 Å². The molecule has 6 heteroatoms. The first kappa shape index (κ1) is 31.6. The van der Waals surface area contributed by atoms with Gasteiger partial charge in [-0.2, -0.15) is 6.07 Å². The number of hydrogen-bond donors (Lipinski definition) is 0. The molecule has 7 rings (SSSR count). The largest absolute Gasteiger partial charge is 0.509 e. The fourth-order valence-electron chi connectivity index (χ4n) is 5.70. The van der Waals surface area contributed by atoms with Crippen LogP contribution in [0.25, 0.3) is 27.6 Å². The van der Waals surface area contributed by atoms with Crippen LogP contribution in [0.2, 0.25) is 0 Å². The molecule has 0 unspecified atom stereocenters. The molecule has 1 aliphatic rings. The van der Waals surface area contributed by atoms with Crippen LogP contribution in [0.3, 0.4) is 0 Å². The van der Waals surface area contributed by atoms with E-state index in [1.54, 1.807) is 0 Å². The third kappa shape index (κ3) is 6.09. The van der Waals surface area contributed by atoms with E-state index in [4.69, 9.17) is 9.72 Å². The zero-order valence-electron chi connectivity index (χ0n) is 27.0. The Morgan fingerprint density at radius 2 is 1.39 bits per heavy atom. The fraction of sp³-hybridized carbons (Fsp3) is 0.200. The molecule has 0 N–H and O–H groups in total. The molecule has 0 atom stereocenters. The molecule has 0 aliphatic carbocycles. The van der Waals surface area contributed by atoms with Gasteiger partial charge >= 0.3 is 0 Å². The second-order valence-electron chi connectivity index (χ2n) is 13.6. The van der Waals surface area contributed by atoms with Crippen LogP contribution in [0.4, 0.5) is 11.4 Å². The van der Waals surface area contributed by atoms with Crippen LogP contribution in [0, 0.1) is 18.8 Å². The molecule has 0 amide bonds. The van der Waals surface area contributed by atoms with E-state index in [1.807, 2.05) is 36.7 Å². The Kier molecular flexibility index (Phi) is 8.33. The SMILES string of the molecule is CC(C)(C)c1cc(Oc2[c-]c3c(cc2)c2ccccc2n3-c2cc(C(C)(C)C)ccn2)[c-]c(N2C=CN(c3ccccc3)[CH-]2)c1.[Pt]. The average molecular weight is 785 g/mol. The van der Waals surface area contributed by atoms with E-state index in [9.17, 15) is 0 Å². The summed E-state index contributed by atoms with van der Waals surface area (Å²) in [4.78, 5) is 8.98. The Morgan fingerprint density at radius 3 is 2.15 bits per heavy atom. The van der Waals surface area contributed by atoms with E-state index >= 15 is 0 Å². The maximum atomic E-state index is 6.58. The van der Waals surface area contributed by atoms with Crippen molar-refractivity contribution in [1.82, 2.24) is 9.55 Å². The molecule has 0 saturated carbocycles. The minimum atomic E-state index is -0.0889. The summed E-state index contributed by atoms with van der Waals surface area (Å²) >= 11 is 0. The number of pyridine rings is 1. The Morgan fingerprint density at radius 1 is 0.674 bits per heavy atom. The standard InChI is InChI=1S/C40H37N4O.Pt/c1-39(2,3)28-18-19-41-38(24-28)44-36-15-11-10-14-34(36)35-17-16-32(26-37(35)44)45-33-23-29(40(4,5)6)22-31(25-33)43-21-20-42(27-43)30-12-8-7-9-13-30;/h7-24,27H,1-6H3;/q-3;. The summed E-state index contributed by atoms with van der Waals surface area (Å²) in [6, 6.07) is 38.5. The predicted octanol–water partition coefficient (Wildman–Crippen LogP) is 10.1. The van der Waals surface area contributed by atoms with Gasteiger partial charge in [-0.3, -0.25) is 0 Å². The van der Waals surface area contributed by atoms with Crippen molar-refractivity contribution in [2.24, 2.45) is 0 Å². The van der Waals surface area contributed by atoms with E-state index in [0.29, 0.717) is 11.5 Å². The van der Waals surface area contributed by atoms with E-state index in [2.05, 4.69) is 148 Å². The van der Waals surface area contributed by atoms with E-state index in [0.717, 1.165) is 44.6 Å². The molecule has 4 aromatic carbocycles. The monoisotopic (exact) mass is 784 g/mol. The van der Waals surface area contributed by atoms with Crippen LogP contribution in [0.1, 0.15) is 52.7 Å². The molecule has 0 bridgehead atoms. The van der Waals surface area contributed by atoms with E-state index < -0.39 is 0 Å². The number of nitrogens with zero attached hydrogens (tertiary/aromatic N) is 4. The van der Waals surface area contributed by atoms with Gasteiger partial charge in [-0.15, -0.1) is 53.6 Å². The summed E-state index contributed by atoms with van der Waals surface area (Å²) in [6.45, 7) is 15.4. The topological polar surface area (TPSA) is 33.5 Å². The smallest absolute Gasteiger partial charge is 0.135 e. The molecule has 5 nitrogen and oxygen atoms in total. The molecule has 46 heavy (non-hydrogen) atoms. The molecule has 2 aromatic heterocycles. The zero-order valence-corrected chi connectivity index (χ0v) is 29.3. The van der Waals surface area contributed by atoms with Crippen molar-refractivity contribution >= 4 is 33.2 Å². The Hall–Kier alpha value is -4.34. The van der Waals surface area contributed by atoms with Crippen LogP contribution in [0.15, 0.2) is 110 Å². The van der Waals surface area contributed by atoms with Crippen molar-refractivity contribution < 1.29 is 25.8 Å². The summed E-state index contributed by atoms with van der Waals surface area (Å²) < 4.78 is 8.77. The normalized spacial score (nSPS) is 13.4. The van der Waals surface area contributed by atoms with Crippen LogP contribution in [0.5, 0.6) is 11.5 Å². The summed E-state index contributed by atoms with van der Waals surface area (Å²) in [5.74, 6) is 2.13. The predicted molar refractivity (Wildman–Crippen MR) is 185 cm³/mol. The Balaban J connectivity index is 0.00000372. The summed E-state index contributed by atoms with van der Waals surface area (Å²) in [5.41, 5.74) is 6.31. The van der Waals surface area contributed by atoms with Crippen LogP contribution < -0.4 is 14.5 Å². The van der Waals surface area contributed by atoms with Gasteiger partial charge in [-0.05, 0) is 64.5 Å². The van der Waals surface area contributed by atoms with Gasteiger partial charge in [0.25, 0.3) is 0 Å². The van der Waals surface area contributed by atoms with Crippen molar-refractivity contribution in [2.75, 3.05) is 9.80 Å². The van der Waals surface area contributed by atoms with Gasteiger partial charge in [-0.1, -0.05) is 83.5 Å². The van der Waals surface area contributed by atoms with Gasteiger partial charge in [0.1, 0.15) is 5.82 Å². The first-order valence-corrected chi connectivity index (χ1v) is 15.4. The molecule has 1 aliphatic heterocycles. The number of para-hydroxylation sites is 2. The summed E-state index contributed by atoms with van der Waals surface area (Å²) in [6.07, 6.45) is 6.00. The maximum Gasteiger partial charge on any atom is 0.135 e. The summed E-state index contributed by atoms with van der Waals surface area (Å²) in [7, 11) is 0. The quantitative estimate of drug-likeness (QED) is 0.163. The Bertz CT molecular complexity index is 2050. The second kappa shape index (κ2) is 12.1. The number of hydrogen-bond acceptors (Lipinski definition) is 4. The molecule has 6 aromatic rings. The molecule has 0 fully saturated rings. The van der Waals surface area contributed by atoms with E-state index in [1.165, 1.54) is 5.56 Å². The van der Waals surface area contributed by atoms with Crippen LogP contribution in [-0.4, -0.2) is 9.55 Å². The number of benzene rings is 4. The van der Waals surface area contributed by atoms with Crippen molar-refractivity contribution in [3.63, 3.8) is 0 Å². The van der Waals surface area contributed by atoms with E-state index in [-0.39, 0.29) is 31.9 Å². The van der Waals surface area contributed by atoms with Crippen molar-refractivity contribution in [2.45, 2.75) is 52.4 Å². The number of ether oxygens (including phenoxy) is 1. The molecular weight excluding hydrogens is 748 g/mol. The second-order valence-corrected chi connectivity index (χ2v) is 13.6. The van der Waals surface area contributed by atoms with Gasteiger partial charge in [0.2, 0.25) is 0 Å². The first-order chi connectivity index (χ1) is 21.5. The average Bonchev–Trinajstić information content (AvgIpc) is 3.64. The van der Waals surface area contributed by atoms with Gasteiger partial charge in [-0.25, -0.2) is 4.98 Å². The van der Waals surface area contributed by atoms with Gasteiger partial charge in [0.15, 0.2) is 0 Å². The minimum absolute atomic E-state index is 0. The third-order valence-electron chi connectivity index (χ3n) is 8.28. The number of fused-ring (bicyclic) bond motifs is 3. The van der Waals surface area contributed by atoms with Crippen molar-refractivity contribution in [3.05, 3.63) is 140 Å². The van der Waals surface area contributed by atoms with Crippen molar-refractivity contribution in [1.29, 1.82) is 0 Å². The Labute approximate surface area is 286 Å². The molecule has 3 heterocycles. The van der Waals surface area contributed by atoms with Gasteiger partial charge in [0, 0.05) is 50.0 Å². The molecular formula is C40H37N4OPt-3. The molecule has 236 valence electrons. The van der Waals surface area contributed by atoms with Gasteiger partial charge < -0.3 is 19.1 Å². The zero-order chi connectivity index (χ0) is 31.3. The number of anilines is 2. The minimum Gasteiger partial charge on any atom is -0.509 e. The molecule has 0 saturated heterocycles. The maximum absolute atomic E-state index is 6.58. The number of rotatable bonds is 5. The number of aromatic nitrogens is 2. The first-order valence-electron chi connectivity index (χ1n) is 15.4. The van der Waals surface area contributed by atoms with Gasteiger partial charge in [0.05, 0.1) is 0 Å². The van der Waals surface area contributed by atoms with Crippen LogP contribution >= 0.6 is 0 Å². The third-order valence-corrected chi connectivity index (χ3v) is 8.28. The molecule has 0 radical (unpaired) electrons. The summed E-state index contributed by atoms with van der Waals surface area (Å²) in [5, 5.41) is 2.26.